The van der Waals surface area contributed by atoms with E-state index in [0.717, 1.165) is 56.9 Å². The second kappa shape index (κ2) is 17.0. The molecule has 3 rings (SSSR count). The van der Waals surface area contributed by atoms with Crippen LogP contribution >= 0.6 is 0 Å². The van der Waals surface area contributed by atoms with Crippen LogP contribution in [0.4, 0.5) is 5.69 Å². The number of aliphatic hydroxyl groups is 1. The van der Waals surface area contributed by atoms with Gasteiger partial charge in [0.1, 0.15) is 5.75 Å². The molecule has 0 aliphatic carbocycles. The summed E-state index contributed by atoms with van der Waals surface area (Å²) >= 11 is 0. The standard InChI is InChI=1S/C33H49N3O4/c1-4-7-11-19-40-29-22-26(21-28(23-29)36-18-12-17-32(36)38)33(39)35-30(20-25-15-9-8-10-16-25)31(37)24-34-27(13-5-2)14-6-3/h8-10,15-16,21-23,27,30-31,34,37H,4-7,11-14,17-20,24H2,1-3H3,(H,35,39)/t30-,31+/m0/s1. The average Bonchev–Trinajstić information content (AvgIpc) is 3.40. The van der Waals surface area contributed by atoms with Crippen LogP contribution in [-0.2, 0) is 11.2 Å². The summed E-state index contributed by atoms with van der Waals surface area (Å²) in [6.45, 7) is 8.08. The highest BCUT2D eigenvalue weighted by Crippen LogP contribution is 2.28. The molecule has 7 nitrogen and oxygen atoms in total. The van der Waals surface area contributed by atoms with Gasteiger partial charge in [-0.3, -0.25) is 9.59 Å². The molecule has 3 N–H and O–H groups in total. The number of rotatable bonds is 18. The minimum atomic E-state index is -0.770. The van der Waals surface area contributed by atoms with Crippen molar-refractivity contribution < 1.29 is 19.4 Å². The molecule has 0 aromatic heterocycles. The number of aliphatic hydroxyl groups excluding tert-OH is 1. The van der Waals surface area contributed by atoms with Gasteiger partial charge in [0.05, 0.1) is 18.8 Å². The SMILES string of the molecule is CCCCCOc1cc(C(=O)N[C@@H](Cc2ccccc2)[C@H](O)CNC(CCC)CCC)cc(N2CCCC2=O)c1. The number of ether oxygens (including phenoxy) is 1. The molecule has 220 valence electrons. The fraction of sp³-hybridized carbons (Fsp3) is 0.576. The van der Waals surface area contributed by atoms with Gasteiger partial charge in [-0.05, 0) is 49.8 Å². The number of carbonyl (C=O) groups is 2. The van der Waals surface area contributed by atoms with Crippen LogP contribution in [0.25, 0.3) is 0 Å². The monoisotopic (exact) mass is 551 g/mol. The molecule has 1 aliphatic heterocycles. The van der Waals surface area contributed by atoms with Gasteiger partial charge in [0.25, 0.3) is 5.91 Å². The summed E-state index contributed by atoms with van der Waals surface area (Å²) in [7, 11) is 0. The fourth-order valence-electron chi connectivity index (χ4n) is 5.29. The van der Waals surface area contributed by atoms with Crippen LogP contribution in [0.3, 0.4) is 0 Å². The molecule has 0 bridgehead atoms. The minimum absolute atomic E-state index is 0.0617. The van der Waals surface area contributed by atoms with Crippen LogP contribution in [0.15, 0.2) is 48.5 Å². The summed E-state index contributed by atoms with van der Waals surface area (Å²) in [5, 5.41) is 17.9. The van der Waals surface area contributed by atoms with Crippen molar-refractivity contribution in [3.05, 3.63) is 59.7 Å². The highest BCUT2D eigenvalue weighted by atomic mass is 16.5. The normalized spacial score (nSPS) is 14.9. The molecule has 7 heteroatoms. The topological polar surface area (TPSA) is 90.9 Å². The molecule has 1 fully saturated rings. The van der Waals surface area contributed by atoms with Crippen molar-refractivity contribution in [3.8, 4) is 5.75 Å². The van der Waals surface area contributed by atoms with Crippen LogP contribution in [0.2, 0.25) is 0 Å². The maximum Gasteiger partial charge on any atom is 0.251 e. The minimum Gasteiger partial charge on any atom is -0.493 e. The summed E-state index contributed by atoms with van der Waals surface area (Å²) in [4.78, 5) is 27.9. The van der Waals surface area contributed by atoms with Gasteiger partial charge >= 0.3 is 0 Å². The summed E-state index contributed by atoms with van der Waals surface area (Å²) < 4.78 is 6.02. The van der Waals surface area contributed by atoms with Crippen molar-refractivity contribution in [2.24, 2.45) is 0 Å². The van der Waals surface area contributed by atoms with E-state index < -0.39 is 12.1 Å². The molecule has 0 unspecified atom stereocenters. The molecule has 2 amide bonds. The van der Waals surface area contributed by atoms with Crippen LogP contribution in [0, 0.1) is 0 Å². The number of hydrogen-bond donors (Lipinski definition) is 3. The summed E-state index contributed by atoms with van der Waals surface area (Å²) in [6.07, 6.45) is 8.42. The van der Waals surface area contributed by atoms with Gasteiger partial charge < -0.3 is 25.4 Å². The van der Waals surface area contributed by atoms with Gasteiger partial charge in [0, 0.05) is 42.9 Å². The predicted octanol–water partition coefficient (Wildman–Crippen LogP) is 5.64. The van der Waals surface area contributed by atoms with Crippen molar-refractivity contribution in [1.82, 2.24) is 10.6 Å². The van der Waals surface area contributed by atoms with Gasteiger partial charge in [0.2, 0.25) is 5.91 Å². The number of nitrogens with zero attached hydrogens (tertiary/aromatic N) is 1. The Morgan fingerprint density at radius 1 is 1.02 bits per heavy atom. The Hall–Kier alpha value is -2.90. The summed E-state index contributed by atoms with van der Waals surface area (Å²) in [5.74, 6) is 0.361. The molecule has 0 radical (unpaired) electrons. The molecule has 2 aromatic carbocycles. The van der Waals surface area contributed by atoms with Gasteiger partial charge in [-0.15, -0.1) is 0 Å². The van der Waals surface area contributed by atoms with E-state index in [9.17, 15) is 14.7 Å². The van der Waals surface area contributed by atoms with Gasteiger partial charge in [-0.25, -0.2) is 0 Å². The Balaban J connectivity index is 1.80. The third-order valence-corrected chi connectivity index (χ3v) is 7.52. The van der Waals surface area contributed by atoms with E-state index in [1.807, 2.05) is 36.4 Å². The molecule has 0 spiro atoms. The Kier molecular flexibility index (Phi) is 13.5. The maximum absolute atomic E-state index is 13.7. The number of benzene rings is 2. The molecule has 1 saturated heterocycles. The van der Waals surface area contributed by atoms with E-state index in [1.165, 1.54) is 0 Å². The molecule has 2 atom stereocenters. The van der Waals surface area contributed by atoms with E-state index in [2.05, 4.69) is 31.4 Å². The predicted molar refractivity (Wildman–Crippen MR) is 162 cm³/mol. The largest absolute Gasteiger partial charge is 0.493 e. The number of unbranched alkanes of at least 4 members (excludes halogenated alkanes) is 2. The van der Waals surface area contributed by atoms with Crippen LogP contribution in [0.1, 0.15) is 94.5 Å². The van der Waals surface area contributed by atoms with Crippen molar-refractivity contribution in [2.75, 3.05) is 24.6 Å². The first-order chi connectivity index (χ1) is 19.4. The lowest BCUT2D eigenvalue weighted by Gasteiger charge is -2.27. The third kappa shape index (κ3) is 9.93. The highest BCUT2D eigenvalue weighted by Gasteiger charge is 2.26. The van der Waals surface area contributed by atoms with Gasteiger partial charge in [-0.1, -0.05) is 76.8 Å². The highest BCUT2D eigenvalue weighted by molar-refractivity contribution is 5.99. The van der Waals surface area contributed by atoms with E-state index in [0.29, 0.717) is 55.6 Å². The van der Waals surface area contributed by atoms with E-state index >= 15 is 0 Å². The zero-order chi connectivity index (χ0) is 28.7. The van der Waals surface area contributed by atoms with Crippen molar-refractivity contribution in [2.45, 2.75) is 103 Å². The Bertz CT molecular complexity index is 1040. The number of amides is 2. The van der Waals surface area contributed by atoms with Crippen molar-refractivity contribution in [3.63, 3.8) is 0 Å². The van der Waals surface area contributed by atoms with E-state index in [4.69, 9.17) is 4.74 Å². The number of nitrogens with one attached hydrogen (secondary N) is 2. The number of hydrogen-bond acceptors (Lipinski definition) is 5. The van der Waals surface area contributed by atoms with E-state index in [1.54, 1.807) is 17.0 Å². The maximum atomic E-state index is 13.7. The summed E-state index contributed by atoms with van der Waals surface area (Å²) in [6, 6.07) is 15.1. The fourth-order valence-corrected chi connectivity index (χ4v) is 5.29. The first kappa shape index (κ1) is 31.6. The molecule has 40 heavy (non-hydrogen) atoms. The van der Waals surface area contributed by atoms with Gasteiger partial charge in [-0.2, -0.15) is 0 Å². The Morgan fingerprint density at radius 3 is 2.42 bits per heavy atom. The van der Waals surface area contributed by atoms with E-state index in [-0.39, 0.29) is 11.8 Å². The molecule has 1 aliphatic rings. The third-order valence-electron chi connectivity index (χ3n) is 7.52. The number of carbonyl (C=O) groups excluding carboxylic acids is 2. The van der Waals surface area contributed by atoms with Crippen molar-refractivity contribution in [1.29, 1.82) is 0 Å². The first-order valence-corrected chi connectivity index (χ1v) is 15.3. The smallest absolute Gasteiger partial charge is 0.251 e. The number of anilines is 1. The molecular weight excluding hydrogens is 502 g/mol. The molecule has 0 saturated carbocycles. The lowest BCUT2D eigenvalue weighted by atomic mass is 9.99. The lowest BCUT2D eigenvalue weighted by molar-refractivity contribution is -0.117. The van der Waals surface area contributed by atoms with Gasteiger partial charge in [0.15, 0.2) is 0 Å². The second-order valence-corrected chi connectivity index (χ2v) is 10.9. The first-order valence-electron chi connectivity index (χ1n) is 15.3. The Morgan fingerprint density at radius 2 is 1.77 bits per heavy atom. The zero-order valence-electron chi connectivity index (χ0n) is 24.7. The molecular formula is C33H49N3O4. The average molecular weight is 552 g/mol. The van der Waals surface area contributed by atoms with Crippen LogP contribution in [-0.4, -0.2) is 54.8 Å². The van der Waals surface area contributed by atoms with Crippen LogP contribution < -0.4 is 20.3 Å². The zero-order valence-corrected chi connectivity index (χ0v) is 24.7. The quantitative estimate of drug-likeness (QED) is 0.209. The summed E-state index contributed by atoms with van der Waals surface area (Å²) in [5.41, 5.74) is 2.15. The lowest BCUT2D eigenvalue weighted by Crippen LogP contribution is -2.50. The van der Waals surface area contributed by atoms with Crippen molar-refractivity contribution >= 4 is 17.5 Å². The van der Waals surface area contributed by atoms with Crippen LogP contribution in [0.5, 0.6) is 5.75 Å². The molecule has 1 heterocycles. The Labute approximate surface area is 240 Å². The second-order valence-electron chi connectivity index (χ2n) is 10.9. The molecule has 2 aromatic rings.